The lowest BCUT2D eigenvalue weighted by Gasteiger charge is -2.10. The second kappa shape index (κ2) is 9.95. The van der Waals surface area contributed by atoms with Gasteiger partial charge in [-0.15, -0.1) is 0 Å². The number of hydrogen-bond donors (Lipinski definition) is 2. The van der Waals surface area contributed by atoms with Crippen LogP contribution >= 0.6 is 0 Å². The van der Waals surface area contributed by atoms with Crippen LogP contribution in [0.3, 0.4) is 0 Å². The van der Waals surface area contributed by atoms with Crippen LogP contribution in [0.15, 0.2) is 66.9 Å². The molecular weight excluding hydrogens is 423 g/mol. The smallest absolute Gasteiger partial charge is 0.416 e. The number of halogens is 3. The quantitative estimate of drug-likeness (QED) is 0.549. The molecule has 9 heteroatoms. The van der Waals surface area contributed by atoms with Gasteiger partial charge in [-0.2, -0.15) is 13.2 Å². The largest absolute Gasteiger partial charge is 0.457 e. The van der Waals surface area contributed by atoms with Gasteiger partial charge in [0.1, 0.15) is 17.3 Å². The molecule has 2 aromatic carbocycles. The molecule has 6 nitrogen and oxygen atoms in total. The number of benzene rings is 2. The standard InChI is InChI=1S/C23H20F3N3O3/c1-15(30)29-21-14-20(9-11-27-21)32-19-7-2-4-16(12-19)8-10-28-22(31)17-5-3-6-18(13-17)23(24,25)26/h2-7,9,11-14H,8,10H2,1H3,(H,28,31)(H,27,29,30). The van der Waals surface area contributed by atoms with Gasteiger partial charge in [0.2, 0.25) is 5.91 Å². The van der Waals surface area contributed by atoms with Gasteiger partial charge in [0.05, 0.1) is 5.56 Å². The van der Waals surface area contributed by atoms with Crippen molar-refractivity contribution in [2.24, 2.45) is 0 Å². The van der Waals surface area contributed by atoms with Crippen molar-refractivity contribution in [1.82, 2.24) is 10.3 Å². The summed E-state index contributed by atoms with van der Waals surface area (Å²) in [5.74, 6) is 0.573. The SMILES string of the molecule is CC(=O)Nc1cc(Oc2cccc(CCNC(=O)c3cccc(C(F)(F)F)c3)c2)ccn1. The van der Waals surface area contributed by atoms with Crippen molar-refractivity contribution in [3.63, 3.8) is 0 Å². The Kier molecular flexibility index (Phi) is 7.09. The van der Waals surface area contributed by atoms with Crippen LogP contribution in [0.2, 0.25) is 0 Å². The molecule has 0 spiro atoms. The Morgan fingerprint density at radius 2 is 1.75 bits per heavy atom. The predicted molar refractivity (Wildman–Crippen MR) is 113 cm³/mol. The number of carbonyl (C=O) groups excluding carboxylic acids is 2. The van der Waals surface area contributed by atoms with Gasteiger partial charge in [0, 0.05) is 31.3 Å². The molecule has 0 radical (unpaired) electrons. The van der Waals surface area contributed by atoms with E-state index in [4.69, 9.17) is 4.74 Å². The van der Waals surface area contributed by atoms with Gasteiger partial charge in [-0.1, -0.05) is 18.2 Å². The summed E-state index contributed by atoms with van der Waals surface area (Å²) in [6.45, 7) is 1.62. The molecule has 1 aromatic heterocycles. The first kappa shape index (κ1) is 22.8. The van der Waals surface area contributed by atoms with Crippen molar-refractivity contribution in [3.05, 3.63) is 83.6 Å². The lowest BCUT2D eigenvalue weighted by Crippen LogP contribution is -2.26. The zero-order chi connectivity index (χ0) is 23.1. The van der Waals surface area contributed by atoms with Crippen molar-refractivity contribution in [3.8, 4) is 11.5 Å². The summed E-state index contributed by atoms with van der Waals surface area (Å²) in [6.07, 6.45) is -2.54. The van der Waals surface area contributed by atoms with Crippen molar-refractivity contribution in [2.75, 3.05) is 11.9 Å². The third kappa shape index (κ3) is 6.56. The normalized spacial score (nSPS) is 11.0. The summed E-state index contributed by atoms with van der Waals surface area (Å²) in [5, 5.41) is 5.20. The number of hydrogen-bond acceptors (Lipinski definition) is 4. The van der Waals surface area contributed by atoms with E-state index in [-0.39, 0.29) is 18.0 Å². The van der Waals surface area contributed by atoms with Crippen LogP contribution in [0.4, 0.5) is 19.0 Å². The van der Waals surface area contributed by atoms with Gasteiger partial charge >= 0.3 is 6.18 Å². The molecule has 32 heavy (non-hydrogen) atoms. The van der Waals surface area contributed by atoms with Crippen molar-refractivity contribution in [2.45, 2.75) is 19.5 Å². The van der Waals surface area contributed by atoms with Gasteiger partial charge in [-0.3, -0.25) is 9.59 Å². The average Bonchev–Trinajstić information content (AvgIpc) is 2.73. The molecule has 166 valence electrons. The number of ether oxygens (including phenoxy) is 1. The van der Waals surface area contributed by atoms with Gasteiger partial charge in [-0.05, 0) is 48.4 Å². The van der Waals surface area contributed by atoms with E-state index in [1.54, 1.807) is 30.3 Å². The molecule has 0 aliphatic carbocycles. The molecule has 0 aliphatic heterocycles. The monoisotopic (exact) mass is 443 g/mol. The minimum atomic E-state index is -4.51. The van der Waals surface area contributed by atoms with Crippen molar-refractivity contribution in [1.29, 1.82) is 0 Å². The van der Waals surface area contributed by atoms with E-state index >= 15 is 0 Å². The number of pyridine rings is 1. The molecule has 0 saturated heterocycles. The molecular formula is C23H20F3N3O3. The van der Waals surface area contributed by atoms with E-state index in [9.17, 15) is 22.8 Å². The third-order valence-corrected chi connectivity index (χ3v) is 4.32. The second-order valence-electron chi connectivity index (χ2n) is 6.89. The summed E-state index contributed by atoms with van der Waals surface area (Å²) < 4.78 is 44.2. The number of nitrogens with zero attached hydrogens (tertiary/aromatic N) is 1. The fraction of sp³-hybridized carbons (Fsp3) is 0.174. The molecule has 0 saturated carbocycles. The van der Waals surface area contributed by atoms with E-state index in [1.807, 2.05) is 6.07 Å². The Hall–Kier alpha value is -3.88. The highest BCUT2D eigenvalue weighted by atomic mass is 19.4. The number of nitrogens with one attached hydrogen (secondary N) is 2. The van der Waals surface area contributed by atoms with Gasteiger partial charge in [0.25, 0.3) is 5.91 Å². The summed E-state index contributed by atoms with van der Waals surface area (Å²) in [7, 11) is 0. The summed E-state index contributed by atoms with van der Waals surface area (Å²) in [4.78, 5) is 27.4. The van der Waals surface area contributed by atoms with E-state index in [0.29, 0.717) is 23.7 Å². The lowest BCUT2D eigenvalue weighted by atomic mass is 10.1. The Morgan fingerprint density at radius 3 is 2.50 bits per heavy atom. The van der Waals surface area contributed by atoms with Gasteiger partial charge < -0.3 is 15.4 Å². The zero-order valence-electron chi connectivity index (χ0n) is 17.1. The highest BCUT2D eigenvalue weighted by Crippen LogP contribution is 2.29. The number of amides is 2. The van der Waals surface area contributed by atoms with Crippen LogP contribution in [0.1, 0.15) is 28.4 Å². The molecule has 1 heterocycles. The maximum Gasteiger partial charge on any atom is 0.416 e. The molecule has 2 amide bonds. The number of aromatic nitrogens is 1. The molecule has 2 N–H and O–H groups in total. The van der Waals surface area contributed by atoms with Crippen LogP contribution in [0, 0.1) is 0 Å². The second-order valence-corrected chi connectivity index (χ2v) is 6.89. The highest BCUT2D eigenvalue weighted by Gasteiger charge is 2.30. The van der Waals surface area contributed by atoms with E-state index in [1.165, 1.54) is 25.3 Å². The van der Waals surface area contributed by atoms with Crippen molar-refractivity contribution < 1.29 is 27.5 Å². The van der Waals surface area contributed by atoms with Crippen LogP contribution in [0.25, 0.3) is 0 Å². The van der Waals surface area contributed by atoms with E-state index < -0.39 is 17.6 Å². The van der Waals surface area contributed by atoms with Crippen LogP contribution < -0.4 is 15.4 Å². The van der Waals surface area contributed by atoms with Crippen molar-refractivity contribution >= 4 is 17.6 Å². The Morgan fingerprint density at radius 1 is 1.00 bits per heavy atom. The minimum absolute atomic E-state index is 0.0513. The number of carbonyl (C=O) groups is 2. The molecule has 0 aliphatic rings. The lowest BCUT2D eigenvalue weighted by molar-refractivity contribution is -0.137. The summed E-state index contributed by atoms with van der Waals surface area (Å²) in [6, 6.07) is 14.7. The predicted octanol–water partition coefficient (Wildman–Crippen LogP) is 4.82. The number of alkyl halides is 3. The zero-order valence-corrected chi connectivity index (χ0v) is 17.1. The van der Waals surface area contributed by atoms with Gasteiger partial charge in [0.15, 0.2) is 0 Å². The molecule has 0 atom stereocenters. The maximum atomic E-state index is 12.8. The van der Waals surface area contributed by atoms with Crippen LogP contribution in [0.5, 0.6) is 11.5 Å². The maximum absolute atomic E-state index is 12.8. The minimum Gasteiger partial charge on any atom is -0.457 e. The van der Waals surface area contributed by atoms with Crippen LogP contribution in [-0.2, 0) is 17.4 Å². The van der Waals surface area contributed by atoms with Crippen LogP contribution in [-0.4, -0.2) is 23.3 Å². The first-order chi connectivity index (χ1) is 15.2. The summed E-state index contributed by atoms with van der Waals surface area (Å²) in [5.41, 5.74) is -0.0553. The third-order valence-electron chi connectivity index (χ3n) is 4.32. The van der Waals surface area contributed by atoms with Gasteiger partial charge in [-0.25, -0.2) is 4.98 Å². The first-order valence-electron chi connectivity index (χ1n) is 9.66. The topological polar surface area (TPSA) is 80.3 Å². The molecule has 3 rings (SSSR count). The fourth-order valence-corrected chi connectivity index (χ4v) is 2.88. The Bertz CT molecular complexity index is 1120. The Balaban J connectivity index is 1.58. The van der Waals surface area contributed by atoms with E-state index in [2.05, 4.69) is 15.6 Å². The fourth-order valence-electron chi connectivity index (χ4n) is 2.88. The number of anilines is 1. The summed E-state index contributed by atoms with van der Waals surface area (Å²) >= 11 is 0. The molecule has 3 aromatic rings. The molecule has 0 bridgehead atoms. The molecule has 0 unspecified atom stereocenters. The first-order valence-corrected chi connectivity index (χ1v) is 9.66. The number of rotatable bonds is 7. The van der Waals surface area contributed by atoms with E-state index in [0.717, 1.165) is 17.7 Å². The average molecular weight is 443 g/mol. The highest BCUT2D eigenvalue weighted by molar-refractivity contribution is 5.94. The molecule has 0 fully saturated rings. The Labute approximate surface area is 182 Å².